The Bertz CT molecular complexity index is 928. The molecule has 8 heteroatoms. The molecule has 1 aliphatic heterocycles. The smallest absolute Gasteiger partial charge is 0.318 e. The second kappa shape index (κ2) is 8.00. The lowest BCUT2D eigenvalue weighted by atomic mass is 9.76. The highest BCUT2D eigenvalue weighted by Crippen LogP contribution is 2.42. The number of carbonyl (C=O) groups excluding carboxylic acids is 1. The number of methoxy groups -OCH3 is 1. The molecule has 0 saturated heterocycles. The number of rotatable bonds is 6. The summed E-state index contributed by atoms with van der Waals surface area (Å²) >= 11 is 3.38. The number of carbonyl (C=O) groups is 1. The normalized spacial score (nSPS) is 19.0. The fourth-order valence-corrected chi connectivity index (χ4v) is 4.52. The number of hydrogen-bond acceptors (Lipinski definition) is 6. The van der Waals surface area contributed by atoms with Gasteiger partial charge in [-0.1, -0.05) is 46.3 Å². The molecule has 27 heavy (non-hydrogen) atoms. The van der Waals surface area contributed by atoms with Crippen molar-refractivity contribution in [2.75, 3.05) is 20.3 Å². The Morgan fingerprint density at radius 2 is 1.96 bits per heavy atom. The van der Waals surface area contributed by atoms with Gasteiger partial charge < -0.3 is 9.47 Å². The number of ether oxygens (including phenoxy) is 2. The van der Waals surface area contributed by atoms with E-state index in [2.05, 4.69) is 15.9 Å². The molecule has 1 aliphatic rings. The Labute approximate surface area is 166 Å². The minimum absolute atomic E-state index is 0.254. The van der Waals surface area contributed by atoms with Crippen LogP contribution in [0.15, 0.2) is 53.0 Å². The topological polar surface area (TPSA) is 78.9 Å². The summed E-state index contributed by atoms with van der Waals surface area (Å²) in [6.45, 7) is -0.0898. The van der Waals surface area contributed by atoms with Crippen molar-refractivity contribution in [2.24, 2.45) is 0 Å². The predicted molar refractivity (Wildman–Crippen MR) is 103 cm³/mol. The number of fused-ring (bicyclic) bond motifs is 1. The van der Waals surface area contributed by atoms with Gasteiger partial charge in [-0.15, -0.1) is 0 Å². The highest BCUT2D eigenvalue weighted by molar-refractivity contribution is 9.10. The third-order valence-corrected chi connectivity index (χ3v) is 6.15. The van der Waals surface area contributed by atoms with Crippen LogP contribution >= 0.6 is 15.9 Å². The predicted octanol–water partition coefficient (Wildman–Crippen LogP) is 3.19. The summed E-state index contributed by atoms with van der Waals surface area (Å²) in [6, 6.07) is 14.0. The maximum atomic E-state index is 12.7. The lowest BCUT2D eigenvalue weighted by molar-refractivity contribution is -0.150. The number of halogens is 1. The summed E-state index contributed by atoms with van der Waals surface area (Å²) in [5.74, 6) is -0.314. The first-order valence-electron chi connectivity index (χ1n) is 8.29. The van der Waals surface area contributed by atoms with Crippen LogP contribution in [0, 0.1) is 0 Å². The van der Waals surface area contributed by atoms with E-state index in [1.54, 1.807) is 48.5 Å². The van der Waals surface area contributed by atoms with Gasteiger partial charge in [0.25, 0.3) is 10.1 Å². The Kier molecular flexibility index (Phi) is 5.88. The van der Waals surface area contributed by atoms with Gasteiger partial charge in [-0.25, -0.2) is 0 Å². The van der Waals surface area contributed by atoms with Gasteiger partial charge in [0.15, 0.2) is 0 Å². The van der Waals surface area contributed by atoms with Gasteiger partial charge in [-0.05, 0) is 23.8 Å². The van der Waals surface area contributed by atoms with E-state index in [1.807, 2.05) is 0 Å². The van der Waals surface area contributed by atoms with E-state index in [-0.39, 0.29) is 25.4 Å². The molecule has 0 amide bonds. The first-order chi connectivity index (χ1) is 12.9. The molecule has 0 saturated carbocycles. The van der Waals surface area contributed by atoms with Gasteiger partial charge in [-0.3, -0.25) is 8.98 Å². The molecule has 0 fully saturated rings. The van der Waals surface area contributed by atoms with Crippen molar-refractivity contribution in [1.29, 1.82) is 0 Å². The largest absolute Gasteiger partial charge is 0.493 e. The van der Waals surface area contributed by atoms with Crippen LogP contribution in [0.2, 0.25) is 0 Å². The second-order valence-electron chi connectivity index (χ2n) is 6.26. The van der Waals surface area contributed by atoms with E-state index in [0.29, 0.717) is 16.9 Å². The summed E-state index contributed by atoms with van der Waals surface area (Å²) in [7, 11) is -2.61. The van der Waals surface area contributed by atoms with Crippen molar-refractivity contribution in [3.8, 4) is 5.75 Å². The summed E-state index contributed by atoms with van der Waals surface area (Å²) in [5, 5.41) is 0. The highest BCUT2D eigenvalue weighted by Gasteiger charge is 2.47. The fraction of sp³-hybridized carbons (Fsp3) is 0.316. The summed E-state index contributed by atoms with van der Waals surface area (Å²) < 4.78 is 41.6. The maximum absolute atomic E-state index is 12.7. The van der Waals surface area contributed by atoms with E-state index in [1.165, 1.54) is 7.11 Å². The molecule has 1 atom stereocenters. The summed E-state index contributed by atoms with van der Waals surface area (Å²) in [5.41, 5.74) is -0.0970. The molecule has 2 aromatic carbocycles. The van der Waals surface area contributed by atoms with Gasteiger partial charge in [-0.2, -0.15) is 8.42 Å². The molecular weight excluding hydrogens is 436 g/mol. The molecule has 3 rings (SSSR count). The quantitative estimate of drug-likeness (QED) is 0.492. The minimum atomic E-state index is -3.89. The number of hydrogen-bond donors (Lipinski definition) is 0. The van der Waals surface area contributed by atoms with Crippen molar-refractivity contribution < 1.29 is 26.9 Å². The van der Waals surface area contributed by atoms with Gasteiger partial charge >= 0.3 is 5.97 Å². The van der Waals surface area contributed by atoms with Crippen LogP contribution in [0.5, 0.6) is 5.75 Å². The van der Waals surface area contributed by atoms with E-state index in [0.717, 1.165) is 4.47 Å². The molecule has 1 heterocycles. The van der Waals surface area contributed by atoms with Gasteiger partial charge in [0, 0.05) is 16.5 Å². The Hall–Kier alpha value is -1.90. The monoisotopic (exact) mass is 454 g/mol. The third kappa shape index (κ3) is 4.34. The van der Waals surface area contributed by atoms with Crippen molar-refractivity contribution in [3.63, 3.8) is 0 Å². The molecule has 6 nitrogen and oxygen atoms in total. The standard InChI is InChI=1S/C19H19BrO6S/c1-24-18(21)19(9-10-25-17-8-7-15(20)11-16(17)19)13-26-27(22,23)12-14-5-3-2-4-6-14/h2-8,11H,9-10,12-13H2,1H3. The average Bonchev–Trinajstić information content (AvgIpc) is 2.66. The highest BCUT2D eigenvalue weighted by atomic mass is 79.9. The molecule has 0 aromatic heterocycles. The molecular formula is C19H19BrO6S. The SMILES string of the molecule is COC(=O)C1(COS(=O)(=O)Cc2ccccc2)CCOc2ccc(Br)cc21. The Morgan fingerprint density at radius 3 is 2.67 bits per heavy atom. The van der Waals surface area contributed by atoms with E-state index in [9.17, 15) is 13.2 Å². The Morgan fingerprint density at radius 1 is 1.22 bits per heavy atom. The molecule has 0 aliphatic carbocycles. The molecule has 144 valence electrons. The zero-order valence-electron chi connectivity index (χ0n) is 14.7. The Balaban J connectivity index is 1.90. The zero-order chi connectivity index (χ0) is 19.5. The maximum Gasteiger partial charge on any atom is 0.318 e. The van der Waals surface area contributed by atoms with Crippen LogP contribution in [0.4, 0.5) is 0 Å². The van der Waals surface area contributed by atoms with Crippen LogP contribution in [-0.2, 0) is 35.0 Å². The van der Waals surface area contributed by atoms with Crippen molar-refractivity contribution in [2.45, 2.75) is 17.6 Å². The van der Waals surface area contributed by atoms with Crippen LogP contribution in [0.1, 0.15) is 17.5 Å². The molecule has 0 bridgehead atoms. The molecule has 0 N–H and O–H groups in total. The molecule has 2 aromatic rings. The van der Waals surface area contributed by atoms with Crippen molar-refractivity contribution in [3.05, 3.63) is 64.1 Å². The van der Waals surface area contributed by atoms with Crippen LogP contribution in [-0.4, -0.2) is 34.7 Å². The van der Waals surface area contributed by atoms with E-state index in [4.69, 9.17) is 13.7 Å². The van der Waals surface area contributed by atoms with Gasteiger partial charge in [0.2, 0.25) is 0 Å². The van der Waals surface area contributed by atoms with Crippen LogP contribution in [0.25, 0.3) is 0 Å². The summed E-state index contributed by atoms with van der Waals surface area (Å²) in [4.78, 5) is 12.7. The fourth-order valence-electron chi connectivity index (χ4n) is 3.10. The van der Waals surface area contributed by atoms with Crippen LogP contribution < -0.4 is 4.74 Å². The third-order valence-electron chi connectivity index (χ3n) is 4.49. The summed E-state index contributed by atoms with van der Waals surface area (Å²) in [6.07, 6.45) is 0.254. The number of benzene rings is 2. The lowest BCUT2D eigenvalue weighted by Crippen LogP contribution is -2.45. The average molecular weight is 455 g/mol. The zero-order valence-corrected chi connectivity index (χ0v) is 17.1. The van der Waals surface area contributed by atoms with E-state index >= 15 is 0 Å². The minimum Gasteiger partial charge on any atom is -0.493 e. The number of esters is 1. The molecule has 0 spiro atoms. The first-order valence-corrected chi connectivity index (χ1v) is 10.7. The van der Waals surface area contributed by atoms with Crippen LogP contribution in [0.3, 0.4) is 0 Å². The van der Waals surface area contributed by atoms with Gasteiger partial charge in [0.1, 0.15) is 16.9 Å². The van der Waals surface area contributed by atoms with Crippen molar-refractivity contribution >= 4 is 32.0 Å². The van der Waals surface area contributed by atoms with Crippen molar-refractivity contribution in [1.82, 2.24) is 0 Å². The first kappa shape index (κ1) is 19.9. The molecule has 1 unspecified atom stereocenters. The molecule has 0 radical (unpaired) electrons. The second-order valence-corrected chi connectivity index (χ2v) is 8.82. The lowest BCUT2D eigenvalue weighted by Gasteiger charge is -2.35. The van der Waals surface area contributed by atoms with E-state index < -0.39 is 21.5 Å². The van der Waals surface area contributed by atoms with Gasteiger partial charge in [0.05, 0.1) is 20.3 Å².